The zero-order valence-electron chi connectivity index (χ0n) is 17.3. The van der Waals surface area contributed by atoms with Gasteiger partial charge in [0.1, 0.15) is 5.54 Å². The molecule has 0 atom stereocenters. The number of likely N-dealkylation sites (tertiary alicyclic amines) is 1. The first-order chi connectivity index (χ1) is 13.8. The molecule has 7 heteroatoms. The van der Waals surface area contributed by atoms with Crippen LogP contribution in [0.3, 0.4) is 0 Å². The lowest BCUT2D eigenvalue weighted by atomic mass is 9.85. The van der Waals surface area contributed by atoms with Crippen molar-refractivity contribution in [3.8, 4) is 0 Å². The van der Waals surface area contributed by atoms with Crippen molar-refractivity contribution in [3.05, 3.63) is 46.2 Å². The fraction of sp³-hybridized carbons (Fsp3) is 0.500. The predicted octanol–water partition coefficient (Wildman–Crippen LogP) is 2.41. The molecule has 154 valence electrons. The minimum atomic E-state index is -0.734. The Balaban J connectivity index is 1.52. The molecule has 2 aliphatic heterocycles. The van der Waals surface area contributed by atoms with Gasteiger partial charge in [-0.2, -0.15) is 0 Å². The van der Waals surface area contributed by atoms with Crippen LogP contribution in [0.25, 0.3) is 10.9 Å². The highest BCUT2D eigenvalue weighted by atomic mass is 16.2. The number of fused-ring (bicyclic) bond motifs is 1. The number of nitrogens with zero attached hydrogens (tertiary/aromatic N) is 3. The van der Waals surface area contributed by atoms with Crippen molar-refractivity contribution < 1.29 is 9.59 Å². The summed E-state index contributed by atoms with van der Waals surface area (Å²) in [4.78, 5) is 46.2. The summed E-state index contributed by atoms with van der Waals surface area (Å²) in [6.45, 7) is 6.59. The van der Waals surface area contributed by atoms with Crippen molar-refractivity contribution in [2.24, 2.45) is 5.92 Å². The van der Waals surface area contributed by atoms with E-state index < -0.39 is 5.54 Å². The van der Waals surface area contributed by atoms with E-state index in [2.05, 4.69) is 23.7 Å². The molecule has 4 rings (SSSR count). The molecule has 2 aliphatic rings. The van der Waals surface area contributed by atoms with Crippen LogP contribution in [0.1, 0.15) is 32.3 Å². The maximum Gasteiger partial charge on any atom is 0.327 e. The molecule has 3 amide bonds. The summed E-state index contributed by atoms with van der Waals surface area (Å²) >= 11 is 0. The van der Waals surface area contributed by atoms with Gasteiger partial charge in [0.05, 0.1) is 0 Å². The maximum atomic E-state index is 12.9. The molecule has 0 bridgehead atoms. The molecule has 1 aromatic heterocycles. The number of urea groups is 1. The van der Waals surface area contributed by atoms with Crippen LogP contribution in [0.15, 0.2) is 35.1 Å². The molecule has 1 N–H and O–H groups in total. The summed E-state index contributed by atoms with van der Waals surface area (Å²) in [5.41, 5.74) is 0.755. The molecule has 2 aromatic rings. The third-order valence-electron chi connectivity index (χ3n) is 6.19. The van der Waals surface area contributed by atoms with Crippen LogP contribution in [-0.4, -0.2) is 63.8 Å². The first-order valence-electron chi connectivity index (χ1n) is 10.2. The molecule has 0 aliphatic carbocycles. The smallest absolute Gasteiger partial charge is 0.322 e. The molecule has 0 saturated carbocycles. The number of piperidine rings is 1. The highest BCUT2D eigenvalue weighted by molar-refractivity contribution is 6.06. The van der Waals surface area contributed by atoms with Crippen LogP contribution in [0.4, 0.5) is 4.79 Å². The van der Waals surface area contributed by atoms with E-state index in [0.717, 1.165) is 16.5 Å². The topological polar surface area (TPSA) is 76.7 Å². The minimum absolute atomic E-state index is 0.0720. The lowest BCUT2D eigenvalue weighted by molar-refractivity contribution is -0.135. The minimum Gasteiger partial charge on any atom is -0.322 e. The summed E-state index contributed by atoms with van der Waals surface area (Å²) in [6, 6.07) is 9.50. The normalized spacial score (nSPS) is 19.9. The van der Waals surface area contributed by atoms with E-state index in [0.29, 0.717) is 44.9 Å². The molecule has 3 heterocycles. The van der Waals surface area contributed by atoms with Crippen LogP contribution >= 0.6 is 0 Å². The number of para-hydroxylation sites is 1. The Morgan fingerprint density at radius 3 is 2.48 bits per heavy atom. The van der Waals surface area contributed by atoms with Gasteiger partial charge < -0.3 is 9.88 Å². The maximum absolute atomic E-state index is 12.9. The largest absolute Gasteiger partial charge is 0.327 e. The van der Waals surface area contributed by atoms with E-state index in [1.165, 1.54) is 4.90 Å². The fourth-order valence-electron chi connectivity index (χ4n) is 4.61. The monoisotopic (exact) mass is 396 g/mol. The molecule has 7 nitrogen and oxygen atoms in total. The first-order valence-corrected chi connectivity index (χ1v) is 10.2. The van der Waals surface area contributed by atoms with E-state index in [4.69, 9.17) is 0 Å². The van der Waals surface area contributed by atoms with Crippen molar-refractivity contribution in [3.63, 3.8) is 0 Å². The number of aromatic amines is 1. The fourth-order valence-corrected chi connectivity index (χ4v) is 4.61. The van der Waals surface area contributed by atoms with Crippen LogP contribution in [0, 0.1) is 5.92 Å². The Bertz CT molecular complexity index is 1000. The van der Waals surface area contributed by atoms with Gasteiger partial charge in [-0.15, -0.1) is 0 Å². The zero-order chi connectivity index (χ0) is 20.8. The number of hydrogen-bond acceptors (Lipinski definition) is 4. The number of pyridine rings is 1. The van der Waals surface area contributed by atoms with Crippen LogP contribution in [0.5, 0.6) is 0 Å². The van der Waals surface area contributed by atoms with Crippen molar-refractivity contribution >= 4 is 22.8 Å². The van der Waals surface area contributed by atoms with Gasteiger partial charge in [0.15, 0.2) is 0 Å². The number of carbonyl (C=O) groups is 2. The number of rotatable bonds is 4. The number of H-pyrrole nitrogens is 1. The summed E-state index contributed by atoms with van der Waals surface area (Å²) in [7, 11) is 1.58. The van der Waals surface area contributed by atoms with Crippen LogP contribution < -0.4 is 5.56 Å². The number of likely N-dealkylation sites (N-methyl/N-ethyl adjacent to an activating group) is 1. The molecular formula is C22H28N4O3. The van der Waals surface area contributed by atoms with Gasteiger partial charge in [-0.25, -0.2) is 4.79 Å². The number of aromatic nitrogens is 1. The quantitative estimate of drug-likeness (QED) is 0.806. The summed E-state index contributed by atoms with van der Waals surface area (Å²) in [6.07, 6.45) is 1.19. The summed E-state index contributed by atoms with van der Waals surface area (Å²) < 4.78 is 0. The number of nitrogens with one attached hydrogen (secondary N) is 1. The van der Waals surface area contributed by atoms with Gasteiger partial charge in [-0.3, -0.25) is 19.4 Å². The molecule has 1 spiro atoms. The van der Waals surface area contributed by atoms with E-state index in [-0.39, 0.29) is 17.5 Å². The second kappa shape index (κ2) is 7.30. The van der Waals surface area contributed by atoms with Gasteiger partial charge in [-0.1, -0.05) is 32.0 Å². The second-order valence-corrected chi connectivity index (χ2v) is 8.67. The highest BCUT2D eigenvalue weighted by Gasteiger charge is 2.56. The highest BCUT2D eigenvalue weighted by Crippen LogP contribution is 2.37. The van der Waals surface area contributed by atoms with Crippen molar-refractivity contribution in [1.82, 2.24) is 19.7 Å². The molecule has 0 unspecified atom stereocenters. The average Bonchev–Trinajstić information content (AvgIpc) is 2.86. The van der Waals surface area contributed by atoms with E-state index in [1.807, 2.05) is 30.3 Å². The summed E-state index contributed by atoms with van der Waals surface area (Å²) in [5.74, 6) is 0.204. The molecule has 2 saturated heterocycles. The Labute approximate surface area is 170 Å². The second-order valence-electron chi connectivity index (χ2n) is 8.67. The first kappa shape index (κ1) is 19.6. The van der Waals surface area contributed by atoms with Gasteiger partial charge in [0.25, 0.3) is 11.5 Å². The molecule has 2 fully saturated rings. The molecular weight excluding hydrogens is 368 g/mol. The number of imide groups is 1. The molecule has 1 aromatic carbocycles. The van der Waals surface area contributed by atoms with Crippen molar-refractivity contribution in [2.45, 2.75) is 38.8 Å². The van der Waals surface area contributed by atoms with E-state index >= 15 is 0 Å². The van der Waals surface area contributed by atoms with E-state index in [1.54, 1.807) is 11.9 Å². The standard InChI is InChI=1S/C22H28N4O3/c1-15(2)13-26-21(29)24(3)20(28)22(26)8-10-25(11-9-22)14-17-12-16-6-4-5-7-18(16)23-19(17)27/h4-7,12,15H,8-11,13-14H2,1-3H3,(H,23,27). The van der Waals surface area contributed by atoms with Gasteiger partial charge >= 0.3 is 6.03 Å². The van der Waals surface area contributed by atoms with E-state index in [9.17, 15) is 14.4 Å². The Morgan fingerprint density at radius 1 is 1.10 bits per heavy atom. The lowest BCUT2D eigenvalue weighted by Crippen LogP contribution is -2.57. The lowest BCUT2D eigenvalue weighted by Gasteiger charge is -2.42. The number of amides is 3. The van der Waals surface area contributed by atoms with Gasteiger partial charge in [0.2, 0.25) is 0 Å². The zero-order valence-corrected chi connectivity index (χ0v) is 17.3. The third kappa shape index (κ3) is 3.33. The Hall–Kier alpha value is -2.67. The Kier molecular flexibility index (Phi) is 4.94. The van der Waals surface area contributed by atoms with Gasteiger partial charge in [-0.05, 0) is 36.3 Å². The van der Waals surface area contributed by atoms with Crippen LogP contribution in [0.2, 0.25) is 0 Å². The summed E-state index contributed by atoms with van der Waals surface area (Å²) in [5, 5.41) is 1.01. The van der Waals surface area contributed by atoms with Crippen LogP contribution in [-0.2, 0) is 11.3 Å². The number of hydrogen-bond donors (Lipinski definition) is 1. The number of carbonyl (C=O) groups excluding carboxylic acids is 2. The average molecular weight is 396 g/mol. The van der Waals surface area contributed by atoms with Gasteiger partial charge in [0, 0.05) is 44.3 Å². The van der Waals surface area contributed by atoms with Crippen molar-refractivity contribution in [1.29, 1.82) is 0 Å². The molecule has 29 heavy (non-hydrogen) atoms. The SMILES string of the molecule is CC(C)CN1C(=O)N(C)C(=O)C12CCN(Cc1cc3ccccc3[nH]c1=O)CC2. The third-order valence-corrected chi connectivity index (χ3v) is 6.19. The van der Waals surface area contributed by atoms with Crippen molar-refractivity contribution in [2.75, 3.05) is 26.7 Å². The number of benzene rings is 1. The Morgan fingerprint density at radius 2 is 1.79 bits per heavy atom. The predicted molar refractivity (Wildman–Crippen MR) is 112 cm³/mol. The molecule has 0 radical (unpaired) electrons.